The van der Waals surface area contributed by atoms with E-state index in [1.165, 1.54) is 0 Å². The van der Waals surface area contributed by atoms with Crippen LogP contribution < -0.4 is 21.7 Å². The van der Waals surface area contributed by atoms with Gasteiger partial charge in [0.15, 0.2) is 5.78 Å². The second-order valence-corrected chi connectivity index (χ2v) is 12.4. The minimum Gasteiger partial charge on any atom is -0.481 e. The number of ketones is 1. The fourth-order valence-corrected chi connectivity index (χ4v) is 4.82. The van der Waals surface area contributed by atoms with Crippen LogP contribution >= 0.6 is 0 Å². The molecule has 1 rings (SSSR count). The molecule has 0 saturated carbocycles. The number of Topliss-reactive ketones (excluding diaryl/α,β-unsaturated/α-hetero) is 1. The molecule has 46 heavy (non-hydrogen) atoms. The number of aryl methyl sites for hydroxylation is 1. The van der Waals surface area contributed by atoms with Crippen LogP contribution in [0.2, 0.25) is 0 Å². The standard InChI is InChI=1S/C29H42N4O12S/c1-18-8-10-19(11-9-18)28(40)31-15-3-2-5-22(27(30)39)33-25(36)13-12-20(29(41)42)17-23(34)21(14-16-46(43,44)45)32-24(35)6-4-7-26(37)38/h8-11,20-22H,2-7,12-17H2,1H3,(H2,30,39)(H,31,40)(H,32,35)(H,33,36)(H,37,38)(H,41,42)(H,43,44,45)/t20-,21+,22+/m1/s1. The Bertz CT molecular complexity index is 1350. The molecule has 0 aliphatic rings. The second kappa shape index (κ2) is 19.9. The molecular formula is C29H42N4O12S. The zero-order valence-corrected chi connectivity index (χ0v) is 26.3. The van der Waals surface area contributed by atoms with Crippen molar-refractivity contribution in [3.8, 4) is 0 Å². The number of carbonyl (C=O) groups is 7. The SMILES string of the molecule is Cc1ccc(C(=O)NCCCC[C@H](NC(=O)CC[C@H](CC(=O)[C@H](CCS(=O)(=O)O)NC(=O)CCCC(=O)O)C(=O)O)C(N)=O)cc1. The molecule has 0 aliphatic heterocycles. The van der Waals surface area contributed by atoms with E-state index < -0.39 is 88.6 Å². The largest absolute Gasteiger partial charge is 0.481 e. The van der Waals surface area contributed by atoms with Gasteiger partial charge >= 0.3 is 11.9 Å². The third kappa shape index (κ3) is 17.2. The number of hydrogen-bond acceptors (Lipinski definition) is 9. The van der Waals surface area contributed by atoms with Gasteiger partial charge in [-0.1, -0.05) is 17.7 Å². The number of benzene rings is 1. The van der Waals surface area contributed by atoms with E-state index in [9.17, 15) is 47.1 Å². The lowest BCUT2D eigenvalue weighted by Crippen LogP contribution is -2.45. The second-order valence-electron chi connectivity index (χ2n) is 10.8. The number of carbonyl (C=O) groups excluding carboxylic acids is 5. The van der Waals surface area contributed by atoms with Crippen molar-refractivity contribution in [2.24, 2.45) is 11.7 Å². The molecule has 1 aromatic carbocycles. The number of hydrogen-bond donors (Lipinski definition) is 7. The predicted molar refractivity (Wildman–Crippen MR) is 163 cm³/mol. The Morgan fingerprint density at radius 1 is 0.804 bits per heavy atom. The Kier molecular flexibility index (Phi) is 17.1. The van der Waals surface area contributed by atoms with Crippen molar-refractivity contribution in [1.29, 1.82) is 0 Å². The maximum absolute atomic E-state index is 12.9. The Labute approximate surface area is 266 Å². The molecule has 0 aromatic heterocycles. The van der Waals surface area contributed by atoms with Crippen molar-refractivity contribution in [3.63, 3.8) is 0 Å². The van der Waals surface area contributed by atoms with Crippen LogP contribution in [-0.2, 0) is 38.9 Å². The number of aliphatic carboxylic acids is 2. The van der Waals surface area contributed by atoms with Crippen LogP contribution in [-0.4, -0.2) is 88.9 Å². The Hall–Kier alpha value is -4.38. The number of carboxylic acid groups (broad SMARTS) is 2. The monoisotopic (exact) mass is 670 g/mol. The fraction of sp³-hybridized carbons (Fsp3) is 0.552. The minimum absolute atomic E-state index is 0.0654. The summed E-state index contributed by atoms with van der Waals surface area (Å²) in [5.74, 6) is -8.34. The van der Waals surface area contributed by atoms with E-state index in [1.54, 1.807) is 12.1 Å². The number of rotatable bonds is 23. The quantitative estimate of drug-likeness (QED) is 0.0613. The first kappa shape index (κ1) is 39.6. The van der Waals surface area contributed by atoms with Crippen LogP contribution in [0, 0.1) is 12.8 Å². The molecule has 17 heteroatoms. The highest BCUT2D eigenvalue weighted by Gasteiger charge is 2.29. The summed E-state index contributed by atoms with van der Waals surface area (Å²) in [6.07, 6.45) is -1.65. The van der Waals surface area contributed by atoms with Crippen molar-refractivity contribution in [2.75, 3.05) is 12.3 Å². The normalized spacial score (nSPS) is 13.1. The van der Waals surface area contributed by atoms with Gasteiger partial charge in [-0.15, -0.1) is 0 Å². The van der Waals surface area contributed by atoms with Gasteiger partial charge in [-0.2, -0.15) is 8.42 Å². The summed E-state index contributed by atoms with van der Waals surface area (Å²) in [4.78, 5) is 84.1. The first-order valence-corrected chi connectivity index (χ1v) is 16.2. The summed E-state index contributed by atoms with van der Waals surface area (Å²) < 4.78 is 31.5. The zero-order chi connectivity index (χ0) is 34.9. The van der Waals surface area contributed by atoms with Gasteiger partial charge in [0, 0.05) is 37.8 Å². The van der Waals surface area contributed by atoms with Gasteiger partial charge in [0.05, 0.1) is 17.7 Å². The molecule has 0 unspecified atom stereocenters. The van der Waals surface area contributed by atoms with Gasteiger partial charge in [0.25, 0.3) is 16.0 Å². The lowest BCUT2D eigenvalue weighted by molar-refractivity contribution is -0.144. The van der Waals surface area contributed by atoms with E-state index >= 15 is 0 Å². The highest BCUT2D eigenvalue weighted by Crippen LogP contribution is 2.16. The minimum atomic E-state index is -4.54. The van der Waals surface area contributed by atoms with Crippen molar-refractivity contribution in [1.82, 2.24) is 16.0 Å². The van der Waals surface area contributed by atoms with Crippen LogP contribution in [0.1, 0.15) is 80.1 Å². The van der Waals surface area contributed by atoms with Crippen molar-refractivity contribution < 1.29 is 56.7 Å². The van der Waals surface area contributed by atoms with E-state index in [-0.39, 0.29) is 38.0 Å². The van der Waals surface area contributed by atoms with Crippen molar-refractivity contribution >= 4 is 51.5 Å². The smallest absolute Gasteiger partial charge is 0.306 e. The topological polar surface area (TPSA) is 276 Å². The van der Waals surface area contributed by atoms with Gasteiger partial charge in [0.2, 0.25) is 17.7 Å². The molecule has 0 saturated heterocycles. The number of nitrogens with two attached hydrogens (primary N) is 1. The van der Waals surface area contributed by atoms with E-state index in [2.05, 4.69) is 16.0 Å². The van der Waals surface area contributed by atoms with E-state index in [1.807, 2.05) is 19.1 Å². The molecule has 0 fully saturated rings. The molecule has 0 spiro atoms. The number of unbranched alkanes of at least 4 members (excludes halogenated alkanes) is 1. The molecule has 3 atom stereocenters. The summed E-state index contributed by atoms with van der Waals surface area (Å²) in [5, 5.41) is 25.8. The van der Waals surface area contributed by atoms with Gasteiger partial charge < -0.3 is 31.9 Å². The van der Waals surface area contributed by atoms with E-state index in [4.69, 9.17) is 15.4 Å². The maximum atomic E-state index is 12.9. The van der Waals surface area contributed by atoms with Crippen LogP contribution in [0.5, 0.6) is 0 Å². The molecule has 0 heterocycles. The highest BCUT2D eigenvalue weighted by atomic mass is 32.2. The van der Waals surface area contributed by atoms with Crippen LogP contribution in [0.3, 0.4) is 0 Å². The lowest BCUT2D eigenvalue weighted by Gasteiger charge is -2.20. The molecule has 0 aliphatic carbocycles. The third-order valence-corrected chi connectivity index (χ3v) is 7.65. The molecule has 0 radical (unpaired) electrons. The Balaban J connectivity index is 2.65. The highest BCUT2D eigenvalue weighted by molar-refractivity contribution is 7.85. The van der Waals surface area contributed by atoms with Crippen molar-refractivity contribution in [2.45, 2.75) is 83.2 Å². The van der Waals surface area contributed by atoms with Crippen LogP contribution in [0.4, 0.5) is 0 Å². The van der Waals surface area contributed by atoms with Crippen LogP contribution in [0.25, 0.3) is 0 Å². The number of nitrogens with one attached hydrogen (secondary N) is 3. The molecule has 256 valence electrons. The molecule has 8 N–H and O–H groups in total. The van der Waals surface area contributed by atoms with Gasteiger partial charge in [-0.05, 0) is 57.6 Å². The Morgan fingerprint density at radius 2 is 1.41 bits per heavy atom. The van der Waals surface area contributed by atoms with Gasteiger partial charge in [-0.25, -0.2) is 0 Å². The lowest BCUT2D eigenvalue weighted by atomic mass is 9.93. The molecule has 4 amide bonds. The first-order chi connectivity index (χ1) is 21.5. The third-order valence-electron chi connectivity index (χ3n) is 6.90. The summed E-state index contributed by atoms with van der Waals surface area (Å²) in [6.45, 7) is 2.21. The Morgan fingerprint density at radius 3 is 1.98 bits per heavy atom. The first-order valence-electron chi connectivity index (χ1n) is 14.6. The van der Waals surface area contributed by atoms with Crippen molar-refractivity contribution in [3.05, 3.63) is 35.4 Å². The predicted octanol–water partition coefficient (Wildman–Crippen LogP) is 0.323. The average Bonchev–Trinajstić information content (AvgIpc) is 2.95. The fourth-order valence-electron chi connectivity index (χ4n) is 4.28. The zero-order valence-electron chi connectivity index (χ0n) is 25.5. The van der Waals surface area contributed by atoms with Gasteiger partial charge in [-0.3, -0.25) is 38.1 Å². The van der Waals surface area contributed by atoms with E-state index in [0.29, 0.717) is 24.9 Å². The molecule has 0 bridgehead atoms. The molecule has 1 aromatic rings. The summed E-state index contributed by atoms with van der Waals surface area (Å²) in [6, 6.07) is 4.46. The van der Waals surface area contributed by atoms with E-state index in [0.717, 1.165) is 5.56 Å². The van der Waals surface area contributed by atoms with Gasteiger partial charge in [0.1, 0.15) is 6.04 Å². The number of primary amides is 1. The number of amides is 4. The average molecular weight is 671 g/mol. The number of carboxylic acids is 2. The van der Waals surface area contributed by atoms with Crippen LogP contribution in [0.15, 0.2) is 24.3 Å². The summed E-state index contributed by atoms with van der Waals surface area (Å²) in [7, 11) is -4.54. The molecular weight excluding hydrogens is 628 g/mol. The summed E-state index contributed by atoms with van der Waals surface area (Å²) in [5.41, 5.74) is 6.91. The maximum Gasteiger partial charge on any atom is 0.306 e. The molecule has 16 nitrogen and oxygen atoms in total. The summed E-state index contributed by atoms with van der Waals surface area (Å²) >= 11 is 0.